The van der Waals surface area contributed by atoms with Crippen molar-refractivity contribution >= 4 is 27.8 Å². The SMILES string of the molecule is O=C(OCc1cc2ccccc2[nH]c1=O)c1cc2ccccc2oc1=O. The molecule has 6 heteroatoms. The van der Waals surface area contributed by atoms with Gasteiger partial charge in [0.2, 0.25) is 0 Å². The zero-order chi connectivity index (χ0) is 18.1. The smallest absolute Gasteiger partial charge is 0.351 e. The van der Waals surface area contributed by atoms with Crippen molar-refractivity contribution in [3.63, 3.8) is 0 Å². The van der Waals surface area contributed by atoms with E-state index < -0.39 is 11.6 Å². The van der Waals surface area contributed by atoms with Crippen molar-refractivity contribution in [2.75, 3.05) is 0 Å². The third-order valence-electron chi connectivity index (χ3n) is 4.05. The van der Waals surface area contributed by atoms with E-state index in [2.05, 4.69) is 4.98 Å². The number of pyridine rings is 1. The van der Waals surface area contributed by atoms with Crippen LogP contribution in [0.15, 0.2) is 74.7 Å². The Bertz CT molecular complexity index is 1250. The van der Waals surface area contributed by atoms with E-state index >= 15 is 0 Å². The van der Waals surface area contributed by atoms with Gasteiger partial charge in [-0.1, -0.05) is 36.4 Å². The number of rotatable bonds is 3. The molecule has 26 heavy (non-hydrogen) atoms. The monoisotopic (exact) mass is 347 g/mol. The summed E-state index contributed by atoms with van der Waals surface area (Å²) in [6.07, 6.45) is 0. The molecule has 0 bridgehead atoms. The molecule has 1 N–H and O–H groups in total. The van der Waals surface area contributed by atoms with Crippen LogP contribution in [0, 0.1) is 0 Å². The van der Waals surface area contributed by atoms with Crippen LogP contribution in [0.1, 0.15) is 15.9 Å². The van der Waals surface area contributed by atoms with E-state index in [-0.39, 0.29) is 17.7 Å². The van der Waals surface area contributed by atoms with Crippen LogP contribution in [0.25, 0.3) is 21.9 Å². The summed E-state index contributed by atoms with van der Waals surface area (Å²) in [5, 5.41) is 1.44. The van der Waals surface area contributed by atoms with E-state index in [4.69, 9.17) is 9.15 Å². The topological polar surface area (TPSA) is 89.4 Å². The van der Waals surface area contributed by atoms with Crippen molar-refractivity contribution < 1.29 is 13.9 Å². The summed E-state index contributed by atoms with van der Waals surface area (Å²) in [5.41, 5.74) is 0.0501. The van der Waals surface area contributed by atoms with Gasteiger partial charge in [-0.2, -0.15) is 0 Å². The molecule has 2 aromatic heterocycles. The lowest BCUT2D eigenvalue weighted by Crippen LogP contribution is -2.19. The van der Waals surface area contributed by atoms with Crippen LogP contribution in [0.3, 0.4) is 0 Å². The molecule has 6 nitrogen and oxygen atoms in total. The maximum absolute atomic E-state index is 12.3. The van der Waals surface area contributed by atoms with E-state index in [9.17, 15) is 14.4 Å². The number of carbonyl (C=O) groups is 1. The molecule has 0 saturated carbocycles. The van der Waals surface area contributed by atoms with Gasteiger partial charge in [-0.05, 0) is 29.7 Å². The van der Waals surface area contributed by atoms with E-state index in [0.29, 0.717) is 22.0 Å². The number of para-hydroxylation sites is 2. The molecule has 4 aromatic rings. The standard InChI is InChI=1S/C20H13NO5/c22-18-14(9-12-5-1-3-7-16(12)21-18)11-25-19(23)15-10-13-6-2-4-8-17(13)26-20(15)24/h1-10H,11H2,(H,21,22). The summed E-state index contributed by atoms with van der Waals surface area (Å²) in [6.45, 7) is -0.245. The summed E-state index contributed by atoms with van der Waals surface area (Å²) < 4.78 is 10.3. The molecule has 0 amide bonds. The van der Waals surface area contributed by atoms with Gasteiger partial charge in [0, 0.05) is 10.9 Å². The van der Waals surface area contributed by atoms with Crippen LogP contribution in [0.5, 0.6) is 0 Å². The van der Waals surface area contributed by atoms with Crippen LogP contribution in [-0.4, -0.2) is 11.0 Å². The molecular formula is C20H13NO5. The summed E-state index contributed by atoms with van der Waals surface area (Å²) in [6, 6.07) is 17.2. The summed E-state index contributed by atoms with van der Waals surface area (Å²) in [5.74, 6) is -0.836. The molecule has 0 unspecified atom stereocenters. The molecule has 2 aromatic carbocycles. The molecule has 4 rings (SSSR count). The van der Waals surface area contributed by atoms with Gasteiger partial charge < -0.3 is 14.1 Å². The van der Waals surface area contributed by atoms with E-state index in [1.807, 2.05) is 18.2 Å². The minimum Gasteiger partial charge on any atom is -0.457 e. The van der Waals surface area contributed by atoms with Crippen molar-refractivity contribution in [1.82, 2.24) is 4.98 Å². The summed E-state index contributed by atoms with van der Waals surface area (Å²) >= 11 is 0. The number of carbonyl (C=O) groups excluding carboxylic acids is 1. The fourth-order valence-corrected chi connectivity index (χ4v) is 2.73. The maximum Gasteiger partial charge on any atom is 0.351 e. The highest BCUT2D eigenvalue weighted by Gasteiger charge is 2.16. The fraction of sp³-hybridized carbons (Fsp3) is 0.0500. The minimum absolute atomic E-state index is 0.207. The number of fused-ring (bicyclic) bond motifs is 2. The number of benzene rings is 2. The largest absolute Gasteiger partial charge is 0.457 e. The molecule has 0 fully saturated rings. The molecule has 128 valence electrons. The Balaban J connectivity index is 1.61. The number of nitrogens with one attached hydrogen (secondary N) is 1. The average molecular weight is 347 g/mol. The first-order valence-corrected chi connectivity index (χ1v) is 7.93. The normalized spacial score (nSPS) is 10.9. The van der Waals surface area contributed by atoms with Gasteiger partial charge in [0.1, 0.15) is 17.8 Å². The van der Waals surface area contributed by atoms with E-state index in [1.54, 1.807) is 36.4 Å². The highest BCUT2D eigenvalue weighted by molar-refractivity contribution is 5.92. The van der Waals surface area contributed by atoms with Gasteiger partial charge in [0.05, 0.1) is 5.56 Å². The molecule has 0 radical (unpaired) electrons. The Hall–Kier alpha value is -3.67. The molecule has 0 aliphatic rings. The number of esters is 1. The van der Waals surface area contributed by atoms with E-state index in [1.165, 1.54) is 6.07 Å². The molecule has 2 heterocycles. The Labute approximate surface area is 146 Å². The predicted molar refractivity (Wildman–Crippen MR) is 96.2 cm³/mol. The molecule has 0 atom stereocenters. The average Bonchev–Trinajstić information content (AvgIpc) is 2.65. The summed E-state index contributed by atoms with van der Waals surface area (Å²) in [4.78, 5) is 39.1. The van der Waals surface area contributed by atoms with Gasteiger partial charge >= 0.3 is 11.6 Å². The van der Waals surface area contributed by atoms with Gasteiger partial charge in [-0.25, -0.2) is 9.59 Å². The number of hydrogen-bond acceptors (Lipinski definition) is 5. The zero-order valence-electron chi connectivity index (χ0n) is 13.5. The lowest BCUT2D eigenvalue weighted by Gasteiger charge is -2.06. The van der Waals surface area contributed by atoms with Gasteiger partial charge in [0.25, 0.3) is 5.56 Å². The zero-order valence-corrected chi connectivity index (χ0v) is 13.5. The maximum atomic E-state index is 12.3. The number of aromatic amines is 1. The first kappa shape index (κ1) is 15.8. The molecule has 0 aliphatic heterocycles. The minimum atomic E-state index is -0.836. The number of H-pyrrole nitrogens is 1. The third-order valence-corrected chi connectivity index (χ3v) is 4.05. The fourth-order valence-electron chi connectivity index (χ4n) is 2.73. The molecular weight excluding hydrogens is 334 g/mol. The van der Waals surface area contributed by atoms with Crippen LogP contribution >= 0.6 is 0 Å². The number of ether oxygens (including phenoxy) is 1. The first-order valence-electron chi connectivity index (χ1n) is 7.93. The van der Waals surface area contributed by atoms with Gasteiger partial charge in [-0.3, -0.25) is 4.79 Å². The molecule has 0 aliphatic carbocycles. The Morgan fingerprint density at radius 1 is 0.962 bits per heavy atom. The lowest BCUT2D eigenvalue weighted by atomic mass is 10.1. The second-order valence-electron chi connectivity index (χ2n) is 5.77. The Morgan fingerprint density at radius 3 is 2.54 bits per heavy atom. The Kier molecular flexibility index (Phi) is 3.85. The second-order valence-corrected chi connectivity index (χ2v) is 5.77. The van der Waals surface area contributed by atoms with Crippen molar-refractivity contribution in [2.45, 2.75) is 6.61 Å². The molecule has 0 saturated heterocycles. The van der Waals surface area contributed by atoms with Crippen molar-refractivity contribution in [3.05, 3.63) is 92.6 Å². The highest BCUT2D eigenvalue weighted by Crippen LogP contribution is 2.14. The second kappa shape index (κ2) is 6.33. The van der Waals surface area contributed by atoms with E-state index in [0.717, 1.165) is 5.39 Å². The number of aromatic nitrogens is 1. The van der Waals surface area contributed by atoms with Crippen LogP contribution in [0.2, 0.25) is 0 Å². The highest BCUT2D eigenvalue weighted by atomic mass is 16.5. The number of hydrogen-bond donors (Lipinski definition) is 1. The Morgan fingerprint density at radius 2 is 1.69 bits per heavy atom. The third kappa shape index (κ3) is 2.88. The predicted octanol–water partition coefficient (Wildman–Crippen LogP) is 2.99. The van der Waals surface area contributed by atoms with Crippen molar-refractivity contribution in [1.29, 1.82) is 0 Å². The molecule has 0 spiro atoms. The van der Waals surface area contributed by atoms with Gasteiger partial charge in [0.15, 0.2) is 0 Å². The van der Waals surface area contributed by atoms with Crippen LogP contribution in [0.4, 0.5) is 0 Å². The summed E-state index contributed by atoms with van der Waals surface area (Å²) in [7, 11) is 0. The van der Waals surface area contributed by atoms with Crippen LogP contribution in [-0.2, 0) is 11.3 Å². The first-order chi connectivity index (χ1) is 12.6. The van der Waals surface area contributed by atoms with Crippen LogP contribution < -0.4 is 11.2 Å². The van der Waals surface area contributed by atoms with Gasteiger partial charge in [-0.15, -0.1) is 0 Å². The van der Waals surface area contributed by atoms with Crippen molar-refractivity contribution in [2.24, 2.45) is 0 Å². The quantitative estimate of drug-likeness (QED) is 0.454. The van der Waals surface area contributed by atoms with Crippen molar-refractivity contribution in [3.8, 4) is 0 Å². The lowest BCUT2D eigenvalue weighted by molar-refractivity contribution is 0.0467.